The van der Waals surface area contributed by atoms with Crippen LogP contribution in [-0.4, -0.2) is 13.8 Å². The Labute approximate surface area is 175 Å². The van der Waals surface area contributed by atoms with Gasteiger partial charge in [-0.05, 0) is 73.6 Å². The van der Waals surface area contributed by atoms with Crippen molar-refractivity contribution >= 4 is 0 Å². The van der Waals surface area contributed by atoms with Crippen molar-refractivity contribution in [2.75, 3.05) is 13.8 Å². The summed E-state index contributed by atoms with van der Waals surface area (Å²) in [6.45, 7) is -0.647. The molecule has 0 atom stereocenters. The smallest absolute Gasteiger partial charge is 0.201 e. The number of alkyl halides is 1. The molecule has 0 unspecified atom stereocenters. The summed E-state index contributed by atoms with van der Waals surface area (Å²) in [4.78, 5) is 0. The van der Waals surface area contributed by atoms with E-state index in [0.717, 1.165) is 32.1 Å². The van der Waals surface area contributed by atoms with E-state index < -0.39 is 18.3 Å². The Morgan fingerprint density at radius 2 is 1.70 bits per heavy atom. The van der Waals surface area contributed by atoms with E-state index in [1.165, 1.54) is 30.9 Å². The largest absolute Gasteiger partial charge is 0.494 e. The zero-order chi connectivity index (χ0) is 21.5. The minimum Gasteiger partial charge on any atom is -0.494 e. The monoisotopic (exact) mass is 420 g/mol. The third-order valence-corrected chi connectivity index (χ3v) is 6.08. The maximum atomic E-state index is 14.3. The molecule has 3 rings (SSSR count). The fourth-order valence-electron chi connectivity index (χ4n) is 4.30. The highest BCUT2D eigenvalue weighted by Gasteiger charge is 2.22. The van der Waals surface area contributed by atoms with Gasteiger partial charge in [-0.1, -0.05) is 30.3 Å². The Morgan fingerprint density at radius 3 is 2.33 bits per heavy atom. The summed E-state index contributed by atoms with van der Waals surface area (Å²) in [6, 6.07) is 10.6. The molecule has 0 saturated heterocycles. The maximum Gasteiger partial charge on any atom is 0.201 e. The van der Waals surface area contributed by atoms with Crippen LogP contribution in [0.2, 0.25) is 0 Å². The van der Waals surface area contributed by atoms with Crippen LogP contribution in [0, 0.1) is 17.6 Å². The van der Waals surface area contributed by atoms with Crippen molar-refractivity contribution in [2.24, 2.45) is 5.92 Å². The summed E-state index contributed by atoms with van der Waals surface area (Å²) < 4.78 is 58.5. The lowest BCUT2D eigenvalue weighted by Crippen LogP contribution is -2.13. The summed E-state index contributed by atoms with van der Waals surface area (Å²) in [6.07, 6.45) is 7.31. The van der Waals surface area contributed by atoms with Gasteiger partial charge in [0.15, 0.2) is 11.6 Å². The molecule has 0 N–H and O–H groups in total. The van der Waals surface area contributed by atoms with E-state index in [2.05, 4.69) is 0 Å². The van der Waals surface area contributed by atoms with Crippen LogP contribution in [0.5, 0.6) is 5.75 Å². The van der Waals surface area contributed by atoms with Crippen molar-refractivity contribution in [1.82, 2.24) is 0 Å². The van der Waals surface area contributed by atoms with Crippen molar-refractivity contribution in [3.8, 4) is 16.9 Å². The third kappa shape index (κ3) is 5.44. The average Bonchev–Trinajstić information content (AvgIpc) is 2.76. The van der Waals surface area contributed by atoms with Gasteiger partial charge in [0.05, 0.1) is 19.6 Å². The molecular formula is C25H28F4O. The maximum absolute atomic E-state index is 14.3. The topological polar surface area (TPSA) is 9.23 Å². The molecule has 1 aliphatic carbocycles. The molecule has 0 heterocycles. The molecule has 0 radical (unpaired) electrons. The van der Waals surface area contributed by atoms with Crippen LogP contribution in [0.15, 0.2) is 48.3 Å². The van der Waals surface area contributed by atoms with Gasteiger partial charge in [0.2, 0.25) is 5.82 Å². The lowest BCUT2D eigenvalue weighted by Gasteiger charge is -2.28. The second kappa shape index (κ2) is 10.6. The summed E-state index contributed by atoms with van der Waals surface area (Å²) in [7, 11) is 1.31. The van der Waals surface area contributed by atoms with E-state index in [4.69, 9.17) is 4.74 Å². The van der Waals surface area contributed by atoms with Crippen LogP contribution in [0.1, 0.15) is 56.4 Å². The molecule has 0 aromatic heterocycles. The molecule has 2 aromatic carbocycles. The van der Waals surface area contributed by atoms with E-state index in [1.807, 2.05) is 24.3 Å². The fourth-order valence-corrected chi connectivity index (χ4v) is 4.30. The SMILES string of the molecule is COc1ccc(-c2ccc(C3CCC(CC/C=C(\F)CCF)CC3)cc2)c(F)c1F. The Morgan fingerprint density at radius 1 is 1.00 bits per heavy atom. The number of benzene rings is 2. The first kappa shape index (κ1) is 22.4. The molecule has 0 bridgehead atoms. The standard InChI is InChI=1S/C25H28F4O/c1-30-23-14-13-22(24(28)25(23)29)20-11-9-19(10-12-20)18-7-5-17(6-8-18)3-2-4-21(27)15-16-26/h4,9-14,17-18H,2-3,5-8,15-16H2,1H3/b21-4-. The molecule has 5 heteroatoms. The molecule has 0 aliphatic heterocycles. The Balaban J connectivity index is 1.57. The lowest BCUT2D eigenvalue weighted by atomic mass is 9.77. The van der Waals surface area contributed by atoms with E-state index >= 15 is 0 Å². The van der Waals surface area contributed by atoms with Gasteiger partial charge in [-0.2, -0.15) is 4.39 Å². The Bertz CT molecular complexity index is 852. The number of rotatable bonds is 8. The van der Waals surface area contributed by atoms with Gasteiger partial charge in [0.1, 0.15) is 0 Å². The van der Waals surface area contributed by atoms with Crippen molar-refractivity contribution in [1.29, 1.82) is 0 Å². The number of halogens is 4. The normalized spacial score (nSPS) is 19.7. The van der Waals surface area contributed by atoms with Crippen LogP contribution in [0.4, 0.5) is 17.6 Å². The highest BCUT2D eigenvalue weighted by Crippen LogP contribution is 2.38. The average molecular weight is 420 g/mol. The van der Waals surface area contributed by atoms with Gasteiger partial charge in [-0.25, -0.2) is 8.78 Å². The lowest BCUT2D eigenvalue weighted by molar-refractivity contribution is 0.311. The molecular weight excluding hydrogens is 392 g/mol. The van der Waals surface area contributed by atoms with E-state index in [1.54, 1.807) is 0 Å². The third-order valence-electron chi connectivity index (χ3n) is 6.08. The minimum absolute atomic E-state index is 0.106. The molecule has 2 aromatic rings. The molecule has 30 heavy (non-hydrogen) atoms. The first-order valence-corrected chi connectivity index (χ1v) is 10.6. The number of methoxy groups -OCH3 is 1. The first-order chi connectivity index (χ1) is 14.5. The molecule has 162 valence electrons. The molecule has 1 saturated carbocycles. The van der Waals surface area contributed by atoms with Crippen molar-refractivity contribution < 1.29 is 22.3 Å². The molecule has 1 nitrogen and oxygen atoms in total. The summed E-state index contributed by atoms with van der Waals surface area (Å²) in [5.41, 5.74) is 2.06. The number of hydrogen-bond acceptors (Lipinski definition) is 1. The quantitative estimate of drug-likeness (QED) is 0.394. The highest BCUT2D eigenvalue weighted by atomic mass is 19.2. The molecule has 1 aliphatic rings. The van der Waals surface area contributed by atoms with Gasteiger partial charge < -0.3 is 4.74 Å². The predicted molar refractivity (Wildman–Crippen MR) is 112 cm³/mol. The fraction of sp³-hybridized carbons (Fsp3) is 0.440. The van der Waals surface area contributed by atoms with Gasteiger partial charge in [0, 0.05) is 12.0 Å². The zero-order valence-electron chi connectivity index (χ0n) is 17.3. The van der Waals surface area contributed by atoms with Gasteiger partial charge in [0.25, 0.3) is 0 Å². The second-order valence-corrected chi connectivity index (χ2v) is 7.95. The van der Waals surface area contributed by atoms with Gasteiger partial charge in [-0.3, -0.25) is 4.39 Å². The van der Waals surface area contributed by atoms with Crippen molar-refractivity contribution in [3.63, 3.8) is 0 Å². The Kier molecular flexibility index (Phi) is 7.94. The molecule has 0 spiro atoms. The van der Waals surface area contributed by atoms with Crippen molar-refractivity contribution in [2.45, 2.75) is 50.9 Å². The van der Waals surface area contributed by atoms with E-state index in [0.29, 0.717) is 23.8 Å². The van der Waals surface area contributed by atoms with E-state index in [9.17, 15) is 17.6 Å². The molecule has 0 amide bonds. The highest BCUT2D eigenvalue weighted by molar-refractivity contribution is 5.65. The summed E-state index contributed by atoms with van der Waals surface area (Å²) in [5, 5.41) is 0. The predicted octanol–water partition coefficient (Wildman–Crippen LogP) is 7.91. The summed E-state index contributed by atoms with van der Waals surface area (Å²) in [5.74, 6) is -1.31. The van der Waals surface area contributed by atoms with Gasteiger partial charge >= 0.3 is 0 Å². The van der Waals surface area contributed by atoms with Crippen LogP contribution < -0.4 is 4.74 Å². The van der Waals surface area contributed by atoms with Crippen LogP contribution >= 0.6 is 0 Å². The number of allylic oxidation sites excluding steroid dienone is 2. The van der Waals surface area contributed by atoms with Crippen LogP contribution in [0.3, 0.4) is 0 Å². The molecule has 1 fully saturated rings. The van der Waals surface area contributed by atoms with Gasteiger partial charge in [-0.15, -0.1) is 0 Å². The zero-order valence-corrected chi connectivity index (χ0v) is 17.3. The van der Waals surface area contributed by atoms with Crippen molar-refractivity contribution in [3.05, 3.63) is 65.5 Å². The van der Waals surface area contributed by atoms with E-state index in [-0.39, 0.29) is 23.6 Å². The Hall–Kier alpha value is -2.30. The number of ether oxygens (including phenoxy) is 1. The summed E-state index contributed by atoms with van der Waals surface area (Å²) >= 11 is 0. The minimum atomic E-state index is -0.975. The second-order valence-electron chi connectivity index (χ2n) is 7.95. The van der Waals surface area contributed by atoms with Crippen LogP contribution in [0.25, 0.3) is 11.1 Å². The van der Waals surface area contributed by atoms with Crippen LogP contribution in [-0.2, 0) is 0 Å². The number of hydrogen-bond donors (Lipinski definition) is 0. The first-order valence-electron chi connectivity index (χ1n) is 10.6.